The van der Waals surface area contributed by atoms with Gasteiger partial charge in [0.15, 0.2) is 0 Å². The summed E-state index contributed by atoms with van der Waals surface area (Å²) in [6.45, 7) is 3.70. The van der Waals surface area contributed by atoms with Gasteiger partial charge in [0, 0.05) is 37.4 Å². The number of aryl methyl sites for hydroxylation is 1. The smallest absolute Gasteiger partial charge is 0.257 e. The van der Waals surface area contributed by atoms with E-state index in [2.05, 4.69) is 10.2 Å². The third-order valence-corrected chi connectivity index (χ3v) is 5.84. The van der Waals surface area contributed by atoms with Gasteiger partial charge in [0.2, 0.25) is 5.91 Å². The summed E-state index contributed by atoms with van der Waals surface area (Å²) >= 11 is 0. The summed E-state index contributed by atoms with van der Waals surface area (Å²) in [6.07, 6.45) is 3.83. The molecular weight excluding hydrogens is 347 g/mol. The summed E-state index contributed by atoms with van der Waals surface area (Å²) in [5.74, 6) is -0.336. The first kappa shape index (κ1) is 17.7. The predicted octanol–water partition coefficient (Wildman–Crippen LogP) is 2.51. The lowest BCUT2D eigenvalue weighted by atomic mass is 9.78. The van der Waals surface area contributed by atoms with E-state index in [0.29, 0.717) is 37.2 Å². The summed E-state index contributed by atoms with van der Waals surface area (Å²) in [5.41, 5.74) is 1.27. The van der Waals surface area contributed by atoms with E-state index >= 15 is 0 Å². The number of piperidine rings is 1. The van der Waals surface area contributed by atoms with Gasteiger partial charge in [-0.15, -0.1) is 0 Å². The molecule has 2 saturated heterocycles. The van der Waals surface area contributed by atoms with E-state index in [-0.39, 0.29) is 24.2 Å². The Hall–Kier alpha value is -2.70. The van der Waals surface area contributed by atoms with Crippen LogP contribution in [0.1, 0.15) is 40.9 Å². The maximum absolute atomic E-state index is 14.0. The Bertz CT molecular complexity index is 880. The molecule has 2 amide bonds. The number of nitrogens with one attached hydrogen (secondary N) is 1. The molecule has 1 atom stereocenters. The van der Waals surface area contributed by atoms with Crippen LogP contribution in [0.15, 0.2) is 30.5 Å². The molecule has 1 unspecified atom stereocenters. The number of hydrogen-bond acceptors (Lipinski definition) is 3. The van der Waals surface area contributed by atoms with Gasteiger partial charge in [-0.25, -0.2) is 4.39 Å². The second kappa shape index (κ2) is 6.79. The highest BCUT2D eigenvalue weighted by Crippen LogP contribution is 2.41. The van der Waals surface area contributed by atoms with Gasteiger partial charge in [0.1, 0.15) is 5.82 Å². The van der Waals surface area contributed by atoms with E-state index in [9.17, 15) is 14.0 Å². The van der Waals surface area contributed by atoms with Crippen molar-refractivity contribution in [2.24, 2.45) is 5.41 Å². The SMILES string of the molecule is Cc1[nH]ncc1C(=O)N1CCC2(CCCN(Cc3ccccc3F)C2=O)C1. The molecule has 0 saturated carbocycles. The first-order valence-electron chi connectivity index (χ1n) is 9.32. The molecule has 0 aliphatic carbocycles. The monoisotopic (exact) mass is 370 g/mol. The van der Waals surface area contributed by atoms with Gasteiger partial charge in [0.05, 0.1) is 17.2 Å². The Labute approximate surface area is 157 Å². The molecule has 2 aliphatic rings. The highest BCUT2D eigenvalue weighted by atomic mass is 19.1. The van der Waals surface area contributed by atoms with Crippen LogP contribution in [-0.2, 0) is 11.3 Å². The molecule has 6 nitrogen and oxygen atoms in total. The van der Waals surface area contributed by atoms with Crippen molar-refractivity contribution in [1.29, 1.82) is 0 Å². The van der Waals surface area contributed by atoms with E-state index in [4.69, 9.17) is 0 Å². The van der Waals surface area contributed by atoms with E-state index in [1.54, 1.807) is 28.0 Å². The number of benzene rings is 1. The second-order valence-corrected chi connectivity index (χ2v) is 7.59. The van der Waals surface area contributed by atoms with Crippen molar-refractivity contribution in [3.8, 4) is 0 Å². The number of nitrogens with zero attached hydrogens (tertiary/aromatic N) is 3. The van der Waals surface area contributed by atoms with Crippen molar-refractivity contribution < 1.29 is 14.0 Å². The number of carbonyl (C=O) groups is 2. The number of halogens is 1. The van der Waals surface area contributed by atoms with E-state index in [1.807, 2.05) is 6.92 Å². The van der Waals surface area contributed by atoms with Gasteiger partial charge in [-0.1, -0.05) is 18.2 Å². The maximum atomic E-state index is 14.0. The van der Waals surface area contributed by atoms with Gasteiger partial charge in [-0.2, -0.15) is 5.10 Å². The molecule has 2 aromatic rings. The molecule has 3 heterocycles. The fourth-order valence-electron chi connectivity index (χ4n) is 4.30. The van der Waals surface area contributed by atoms with Crippen LogP contribution in [0.25, 0.3) is 0 Å². The Balaban J connectivity index is 1.50. The Kier molecular flexibility index (Phi) is 4.45. The summed E-state index contributed by atoms with van der Waals surface area (Å²) in [4.78, 5) is 29.5. The zero-order chi connectivity index (χ0) is 19.0. The first-order chi connectivity index (χ1) is 13.0. The van der Waals surface area contributed by atoms with Crippen molar-refractivity contribution in [2.45, 2.75) is 32.7 Å². The fourth-order valence-corrected chi connectivity index (χ4v) is 4.30. The number of amides is 2. The number of carbonyl (C=O) groups excluding carboxylic acids is 2. The molecule has 2 aliphatic heterocycles. The van der Waals surface area contributed by atoms with Crippen LogP contribution in [0.2, 0.25) is 0 Å². The fraction of sp³-hybridized carbons (Fsp3) is 0.450. The largest absolute Gasteiger partial charge is 0.338 e. The quantitative estimate of drug-likeness (QED) is 0.903. The van der Waals surface area contributed by atoms with Gasteiger partial charge in [-0.3, -0.25) is 14.7 Å². The first-order valence-corrected chi connectivity index (χ1v) is 9.32. The van der Waals surface area contributed by atoms with Crippen LogP contribution in [-0.4, -0.2) is 51.4 Å². The number of H-pyrrole nitrogens is 1. The third kappa shape index (κ3) is 3.11. The van der Waals surface area contributed by atoms with E-state index in [0.717, 1.165) is 18.5 Å². The molecule has 0 bridgehead atoms. The molecule has 1 N–H and O–H groups in total. The van der Waals surface area contributed by atoms with Gasteiger partial charge in [0.25, 0.3) is 5.91 Å². The van der Waals surface area contributed by atoms with Gasteiger partial charge >= 0.3 is 0 Å². The topological polar surface area (TPSA) is 69.3 Å². The minimum absolute atomic E-state index is 0.0382. The number of aromatic amines is 1. The molecule has 2 fully saturated rings. The lowest BCUT2D eigenvalue weighted by molar-refractivity contribution is -0.146. The summed E-state index contributed by atoms with van der Waals surface area (Å²) in [5, 5.41) is 6.70. The lowest BCUT2D eigenvalue weighted by Gasteiger charge is -2.39. The van der Waals surface area contributed by atoms with Crippen molar-refractivity contribution >= 4 is 11.8 Å². The normalized spacial score (nSPS) is 22.7. The zero-order valence-electron chi connectivity index (χ0n) is 15.4. The molecule has 0 radical (unpaired) electrons. The standard InChI is InChI=1S/C20H23FN4O2/c1-14-16(11-22-23-14)18(26)25-10-8-20(13-25)7-4-9-24(19(20)27)12-15-5-2-3-6-17(15)21/h2-3,5-6,11H,4,7-10,12-13H2,1H3,(H,22,23). The average molecular weight is 370 g/mol. The molecule has 142 valence electrons. The highest BCUT2D eigenvalue weighted by molar-refractivity contribution is 5.96. The van der Waals surface area contributed by atoms with Crippen molar-refractivity contribution in [3.63, 3.8) is 0 Å². The minimum atomic E-state index is -0.545. The van der Waals surface area contributed by atoms with Crippen molar-refractivity contribution in [1.82, 2.24) is 20.0 Å². The van der Waals surface area contributed by atoms with Crippen LogP contribution in [0.3, 0.4) is 0 Å². The van der Waals surface area contributed by atoms with Crippen LogP contribution >= 0.6 is 0 Å². The Morgan fingerprint density at radius 3 is 2.85 bits per heavy atom. The molecule has 4 rings (SSSR count). The second-order valence-electron chi connectivity index (χ2n) is 7.59. The molecule has 1 aromatic carbocycles. The lowest BCUT2D eigenvalue weighted by Crippen LogP contribution is -2.50. The van der Waals surface area contributed by atoms with Crippen molar-refractivity contribution in [3.05, 3.63) is 53.1 Å². The molecular formula is C20H23FN4O2. The summed E-state index contributed by atoms with van der Waals surface area (Å²) in [7, 11) is 0. The van der Waals surface area contributed by atoms with Crippen LogP contribution in [0, 0.1) is 18.2 Å². The van der Waals surface area contributed by atoms with Crippen molar-refractivity contribution in [2.75, 3.05) is 19.6 Å². The van der Waals surface area contributed by atoms with Gasteiger partial charge in [-0.05, 0) is 32.3 Å². The third-order valence-electron chi connectivity index (χ3n) is 5.84. The summed E-state index contributed by atoms with van der Waals surface area (Å²) in [6, 6.07) is 6.57. The Morgan fingerprint density at radius 1 is 1.30 bits per heavy atom. The van der Waals surface area contributed by atoms with Gasteiger partial charge < -0.3 is 9.80 Å². The molecule has 27 heavy (non-hydrogen) atoms. The van der Waals surface area contributed by atoms with Crippen LogP contribution < -0.4 is 0 Å². The predicted molar refractivity (Wildman–Crippen MR) is 97.3 cm³/mol. The molecule has 1 aromatic heterocycles. The number of aromatic nitrogens is 2. The highest BCUT2D eigenvalue weighted by Gasteiger charge is 2.49. The molecule has 7 heteroatoms. The number of likely N-dealkylation sites (tertiary alicyclic amines) is 2. The number of hydrogen-bond donors (Lipinski definition) is 1. The maximum Gasteiger partial charge on any atom is 0.257 e. The van der Waals surface area contributed by atoms with E-state index in [1.165, 1.54) is 12.3 Å². The van der Waals surface area contributed by atoms with E-state index < -0.39 is 5.41 Å². The average Bonchev–Trinajstić information content (AvgIpc) is 3.28. The number of rotatable bonds is 3. The van der Waals surface area contributed by atoms with Crippen LogP contribution in [0.5, 0.6) is 0 Å². The minimum Gasteiger partial charge on any atom is -0.338 e. The molecule has 1 spiro atoms. The zero-order valence-corrected chi connectivity index (χ0v) is 15.4. The summed E-state index contributed by atoms with van der Waals surface area (Å²) < 4.78 is 14.0. The van der Waals surface area contributed by atoms with Crippen LogP contribution in [0.4, 0.5) is 4.39 Å². The Morgan fingerprint density at radius 2 is 2.11 bits per heavy atom.